The van der Waals surface area contributed by atoms with E-state index in [4.69, 9.17) is 0 Å². The van der Waals surface area contributed by atoms with Gasteiger partial charge in [0.25, 0.3) is 0 Å². The third-order valence-corrected chi connectivity index (χ3v) is 2.06. The summed E-state index contributed by atoms with van der Waals surface area (Å²) < 4.78 is 58.7. The zero-order valence-corrected chi connectivity index (χ0v) is 7.20. The summed E-state index contributed by atoms with van der Waals surface area (Å²) in [6, 6.07) is 0. The van der Waals surface area contributed by atoms with Gasteiger partial charge >= 0.3 is 45.2 Å². The number of unbranched alkanes of at least 4 members (excludes halogenated alkanes) is 1. The van der Waals surface area contributed by atoms with E-state index in [1.807, 2.05) is 0 Å². The Hall–Kier alpha value is 0.700. The predicted molar refractivity (Wildman–Crippen MR) is 43.0 cm³/mol. The van der Waals surface area contributed by atoms with Gasteiger partial charge in [-0.2, -0.15) is 21.6 Å². The number of rotatable bonds is 4. The molecule has 0 atom stereocenters. The first-order valence-electron chi connectivity index (χ1n) is 3.27. The number of hydrogen-bond donors (Lipinski definition) is 0. The van der Waals surface area contributed by atoms with Gasteiger partial charge in [-0.1, -0.05) is 13.3 Å². The van der Waals surface area contributed by atoms with E-state index < -0.39 is 22.2 Å². The second-order valence-corrected chi connectivity index (χ2v) is 3.68. The molecule has 0 radical (unpaired) electrons. The van der Waals surface area contributed by atoms with E-state index in [2.05, 4.69) is 4.18 Å². The molecule has 0 aliphatic rings. The molecule has 0 rings (SSSR count). The molecule has 0 amide bonds. The number of halogens is 3. The second kappa shape index (κ2) is 6.23. The van der Waals surface area contributed by atoms with Gasteiger partial charge in [-0.25, -0.2) is 0 Å². The summed E-state index contributed by atoms with van der Waals surface area (Å²) in [5, 5.41) is 0. The van der Waals surface area contributed by atoms with Gasteiger partial charge in [-0.3, -0.25) is 4.18 Å². The average molecular weight is 230 g/mol. The van der Waals surface area contributed by atoms with Crippen molar-refractivity contribution in [3.8, 4) is 0 Å². The van der Waals surface area contributed by atoms with E-state index in [0.29, 0.717) is 6.42 Å². The van der Waals surface area contributed by atoms with Gasteiger partial charge in [0.05, 0.1) is 6.61 Å². The molecule has 0 saturated carbocycles. The van der Waals surface area contributed by atoms with Crippen LogP contribution < -0.4 is 0 Å². The topological polar surface area (TPSA) is 43.4 Å². The third kappa shape index (κ3) is 5.90. The molecule has 0 spiro atoms. The zero-order valence-electron chi connectivity index (χ0n) is 6.39. The van der Waals surface area contributed by atoms with Crippen LogP contribution in [0, 0.1) is 0 Å². The summed E-state index contributed by atoms with van der Waals surface area (Å²) in [6.45, 7) is 1.29. The molecular weight excluding hydrogens is 220 g/mol. The first-order chi connectivity index (χ1) is 5.31. The van der Waals surface area contributed by atoms with Crippen molar-refractivity contribution >= 4 is 39.7 Å². The van der Waals surface area contributed by atoms with Gasteiger partial charge in [0.1, 0.15) is 0 Å². The summed E-state index contributed by atoms with van der Waals surface area (Å²) in [5.74, 6) is 0. The second-order valence-electron chi connectivity index (χ2n) is 2.08. The molecule has 0 aromatic carbocycles. The summed E-state index contributed by atoms with van der Waals surface area (Å²) in [6.07, 6.45) is 0.864. The van der Waals surface area contributed by atoms with Gasteiger partial charge in [-0.05, 0) is 6.42 Å². The van der Waals surface area contributed by atoms with Crippen LogP contribution in [0.3, 0.4) is 0 Å². The van der Waals surface area contributed by atoms with Gasteiger partial charge in [0.15, 0.2) is 0 Å². The quantitative estimate of drug-likeness (QED) is 0.313. The molecule has 0 aliphatic carbocycles. The van der Waals surface area contributed by atoms with E-state index in [1.54, 1.807) is 6.92 Å². The van der Waals surface area contributed by atoms with E-state index in [0.717, 1.165) is 0 Å². The van der Waals surface area contributed by atoms with Crippen molar-refractivity contribution in [3.05, 3.63) is 0 Å². The summed E-state index contributed by atoms with van der Waals surface area (Å²) in [4.78, 5) is 0. The molecule has 3 nitrogen and oxygen atoms in total. The minimum absolute atomic E-state index is 0. The molecule has 0 bridgehead atoms. The van der Waals surface area contributed by atoms with Crippen molar-refractivity contribution in [2.75, 3.05) is 6.61 Å². The van der Waals surface area contributed by atoms with Gasteiger partial charge in [0.2, 0.25) is 0 Å². The predicted octanol–water partition coefficient (Wildman–Crippen LogP) is 1.00. The van der Waals surface area contributed by atoms with Crippen molar-refractivity contribution in [2.45, 2.75) is 25.3 Å². The normalized spacial score (nSPS) is 12.3. The SMILES string of the molecule is CCCCOS(=O)(=O)C(F)(F)F.[NaH]. The molecule has 0 unspecified atom stereocenters. The van der Waals surface area contributed by atoms with Crippen molar-refractivity contribution in [1.29, 1.82) is 0 Å². The summed E-state index contributed by atoms with van der Waals surface area (Å²) >= 11 is 0. The minimum atomic E-state index is -5.37. The molecule has 8 heteroatoms. The standard InChI is InChI=1S/C5H9F3O3S.Na.H/c1-2-3-4-11-12(9,10)5(6,7)8;;/h2-4H2,1H3;;. The van der Waals surface area contributed by atoms with Crippen molar-refractivity contribution in [2.24, 2.45) is 0 Å². The van der Waals surface area contributed by atoms with Gasteiger partial charge in [0, 0.05) is 0 Å². The Kier molecular flexibility index (Phi) is 7.74. The molecular formula is C5H10F3NaO3S. The molecule has 76 valence electrons. The molecule has 0 saturated heterocycles. The molecule has 0 heterocycles. The fraction of sp³-hybridized carbons (Fsp3) is 1.00. The summed E-state index contributed by atoms with van der Waals surface area (Å²) in [7, 11) is -5.37. The fourth-order valence-electron chi connectivity index (χ4n) is 0.380. The number of alkyl halides is 3. The van der Waals surface area contributed by atoms with Crippen molar-refractivity contribution in [1.82, 2.24) is 0 Å². The zero-order chi connectivity index (χ0) is 9.83. The van der Waals surface area contributed by atoms with Crippen LogP contribution in [0.15, 0.2) is 0 Å². The molecule has 0 aliphatic heterocycles. The Morgan fingerprint density at radius 1 is 1.31 bits per heavy atom. The van der Waals surface area contributed by atoms with Crippen molar-refractivity contribution < 1.29 is 25.8 Å². The van der Waals surface area contributed by atoms with Crippen LogP contribution in [-0.2, 0) is 14.3 Å². The van der Waals surface area contributed by atoms with Crippen molar-refractivity contribution in [3.63, 3.8) is 0 Å². The average Bonchev–Trinajstić information content (AvgIpc) is 1.85. The molecule has 0 aromatic heterocycles. The van der Waals surface area contributed by atoms with E-state index >= 15 is 0 Å². The Bertz CT molecular complexity index is 224. The van der Waals surface area contributed by atoms with Crippen LogP contribution in [0.25, 0.3) is 0 Å². The number of hydrogen-bond acceptors (Lipinski definition) is 3. The van der Waals surface area contributed by atoms with Crippen LogP contribution in [0.5, 0.6) is 0 Å². The maximum absolute atomic E-state index is 11.5. The Balaban J connectivity index is 0. The van der Waals surface area contributed by atoms with Gasteiger partial charge in [-0.15, -0.1) is 0 Å². The molecule has 0 N–H and O–H groups in total. The van der Waals surface area contributed by atoms with Crippen LogP contribution in [0.2, 0.25) is 0 Å². The van der Waals surface area contributed by atoms with E-state index in [-0.39, 0.29) is 36.0 Å². The first-order valence-corrected chi connectivity index (χ1v) is 4.68. The van der Waals surface area contributed by atoms with Crippen LogP contribution in [-0.4, -0.2) is 50.1 Å². The first kappa shape index (κ1) is 16.1. The summed E-state index contributed by atoms with van der Waals surface area (Å²) in [5.41, 5.74) is -5.30. The van der Waals surface area contributed by atoms with Crippen LogP contribution >= 0.6 is 0 Å². The third-order valence-electron chi connectivity index (χ3n) is 1.02. The Morgan fingerprint density at radius 2 is 1.77 bits per heavy atom. The van der Waals surface area contributed by atoms with Crippen LogP contribution in [0.4, 0.5) is 13.2 Å². The molecule has 13 heavy (non-hydrogen) atoms. The monoisotopic (exact) mass is 230 g/mol. The van der Waals surface area contributed by atoms with Gasteiger partial charge < -0.3 is 0 Å². The van der Waals surface area contributed by atoms with E-state index in [9.17, 15) is 21.6 Å². The fourth-order valence-corrected chi connectivity index (χ4v) is 0.851. The van der Waals surface area contributed by atoms with E-state index in [1.165, 1.54) is 0 Å². The van der Waals surface area contributed by atoms with Crippen LogP contribution in [0.1, 0.15) is 19.8 Å². The molecule has 0 aromatic rings. The molecule has 0 fully saturated rings. The Morgan fingerprint density at radius 3 is 2.08 bits per heavy atom. The maximum atomic E-state index is 11.5. The Labute approximate surface area is 97.1 Å².